The van der Waals surface area contributed by atoms with Gasteiger partial charge in [0.1, 0.15) is 13.2 Å². The van der Waals surface area contributed by atoms with Gasteiger partial charge in [-0.05, 0) is 48.0 Å². The smallest absolute Gasteiger partial charge is 0.264 e. The molecule has 0 aliphatic rings. The molecule has 1 N–H and O–H groups in total. The second kappa shape index (κ2) is 11.7. The summed E-state index contributed by atoms with van der Waals surface area (Å²) in [6.45, 7) is 3.50. The average molecular weight is 480 g/mol. The maximum atomic E-state index is 13.2. The molecule has 0 aliphatic carbocycles. The minimum atomic E-state index is -3.96. The average Bonchev–Trinajstić information content (AvgIpc) is 2.87. The lowest BCUT2D eigenvalue weighted by molar-refractivity contribution is -0.119. The Morgan fingerprint density at radius 2 is 1.71 bits per heavy atom. The van der Waals surface area contributed by atoms with Gasteiger partial charge in [-0.15, -0.1) is 0 Å². The predicted octanol–water partition coefficient (Wildman–Crippen LogP) is 3.61. The SMILES string of the molecule is C=CCOc1ccc(/C=N\NC(=O)CN(c2ccccc2)S(=O)(=O)c2ccccc2)cc1OC. The molecule has 0 unspecified atom stereocenters. The molecule has 0 aliphatic heterocycles. The summed E-state index contributed by atoms with van der Waals surface area (Å²) >= 11 is 0. The fourth-order valence-corrected chi connectivity index (χ4v) is 4.45. The van der Waals surface area contributed by atoms with E-state index in [0.717, 1.165) is 4.31 Å². The molecule has 34 heavy (non-hydrogen) atoms. The lowest BCUT2D eigenvalue weighted by Crippen LogP contribution is -2.39. The second-order valence-electron chi connectivity index (χ2n) is 6.96. The summed E-state index contributed by atoms with van der Waals surface area (Å²) in [6.07, 6.45) is 3.05. The van der Waals surface area contributed by atoms with Crippen molar-refractivity contribution in [1.29, 1.82) is 0 Å². The van der Waals surface area contributed by atoms with Gasteiger partial charge in [-0.3, -0.25) is 9.10 Å². The molecule has 9 heteroatoms. The molecule has 0 spiro atoms. The Hall–Kier alpha value is -4.11. The van der Waals surface area contributed by atoms with Crippen LogP contribution in [0.3, 0.4) is 0 Å². The van der Waals surface area contributed by atoms with E-state index in [1.54, 1.807) is 72.8 Å². The molecule has 3 aromatic rings. The van der Waals surface area contributed by atoms with Crippen LogP contribution in [0.1, 0.15) is 5.56 Å². The van der Waals surface area contributed by atoms with Crippen LogP contribution in [0.5, 0.6) is 11.5 Å². The highest BCUT2D eigenvalue weighted by Gasteiger charge is 2.26. The minimum absolute atomic E-state index is 0.0843. The number of rotatable bonds is 11. The molecule has 3 aromatic carbocycles. The Balaban J connectivity index is 1.74. The minimum Gasteiger partial charge on any atom is -0.493 e. The van der Waals surface area contributed by atoms with Crippen LogP contribution in [-0.2, 0) is 14.8 Å². The highest BCUT2D eigenvalue weighted by atomic mass is 32.2. The number of carbonyl (C=O) groups excluding carboxylic acids is 1. The zero-order valence-electron chi connectivity index (χ0n) is 18.6. The first kappa shape index (κ1) is 24.5. The number of nitrogens with one attached hydrogen (secondary N) is 1. The van der Waals surface area contributed by atoms with E-state index in [2.05, 4.69) is 17.1 Å². The van der Waals surface area contributed by atoms with Crippen LogP contribution in [-0.4, -0.2) is 40.8 Å². The molecule has 8 nitrogen and oxygen atoms in total. The fourth-order valence-electron chi connectivity index (χ4n) is 3.01. The highest BCUT2D eigenvalue weighted by molar-refractivity contribution is 7.92. The van der Waals surface area contributed by atoms with Gasteiger partial charge >= 0.3 is 0 Å². The number of hydrogen-bond donors (Lipinski definition) is 1. The largest absolute Gasteiger partial charge is 0.493 e. The molecule has 3 rings (SSSR count). The van der Waals surface area contributed by atoms with Crippen molar-refractivity contribution in [1.82, 2.24) is 5.43 Å². The van der Waals surface area contributed by atoms with Gasteiger partial charge in [-0.1, -0.05) is 49.1 Å². The topological polar surface area (TPSA) is 97.3 Å². The summed E-state index contributed by atoms with van der Waals surface area (Å²) < 4.78 is 38.3. The predicted molar refractivity (Wildman–Crippen MR) is 132 cm³/mol. The summed E-state index contributed by atoms with van der Waals surface area (Å²) in [7, 11) is -2.45. The van der Waals surface area contributed by atoms with E-state index < -0.39 is 22.5 Å². The van der Waals surface area contributed by atoms with E-state index in [1.165, 1.54) is 25.5 Å². The summed E-state index contributed by atoms with van der Waals surface area (Å²) in [6, 6.07) is 21.5. The van der Waals surface area contributed by atoms with Crippen molar-refractivity contribution in [3.8, 4) is 11.5 Å². The third-order valence-corrected chi connectivity index (χ3v) is 6.40. The number of carbonyl (C=O) groups is 1. The number of sulfonamides is 1. The third-order valence-electron chi connectivity index (χ3n) is 4.61. The molecule has 0 aromatic heterocycles. The third kappa shape index (κ3) is 6.23. The molecule has 0 heterocycles. The molecule has 0 fully saturated rings. The summed E-state index contributed by atoms with van der Waals surface area (Å²) in [5.74, 6) is 0.451. The Morgan fingerprint density at radius 3 is 2.35 bits per heavy atom. The number of ether oxygens (including phenoxy) is 2. The van der Waals surface area contributed by atoms with Crippen molar-refractivity contribution >= 4 is 27.8 Å². The molecular formula is C25H25N3O5S. The van der Waals surface area contributed by atoms with Crippen molar-refractivity contribution in [3.63, 3.8) is 0 Å². The summed E-state index contributed by atoms with van der Waals surface area (Å²) in [5.41, 5.74) is 3.40. The number of hydrazone groups is 1. The lowest BCUT2D eigenvalue weighted by Gasteiger charge is -2.23. The number of benzene rings is 3. The van der Waals surface area contributed by atoms with Crippen LogP contribution in [0.2, 0.25) is 0 Å². The Kier molecular flexibility index (Phi) is 8.42. The number of methoxy groups -OCH3 is 1. The standard InChI is InChI=1S/C25H25N3O5S/c1-3-16-33-23-15-14-20(17-24(23)32-2)18-26-27-25(29)19-28(21-10-6-4-7-11-21)34(30,31)22-12-8-5-9-13-22/h3-15,17-18H,1,16,19H2,2H3,(H,27,29)/b26-18-. The molecule has 0 radical (unpaired) electrons. The maximum Gasteiger partial charge on any atom is 0.264 e. The quantitative estimate of drug-likeness (QED) is 0.257. The van der Waals surface area contributed by atoms with Crippen LogP contribution in [0.25, 0.3) is 0 Å². The molecule has 0 saturated heterocycles. The number of anilines is 1. The van der Waals surface area contributed by atoms with Crippen LogP contribution >= 0.6 is 0 Å². The van der Waals surface area contributed by atoms with Crippen molar-refractivity contribution in [2.24, 2.45) is 5.10 Å². The number of amides is 1. The van der Waals surface area contributed by atoms with Gasteiger partial charge in [-0.2, -0.15) is 5.10 Å². The van der Waals surface area contributed by atoms with E-state index >= 15 is 0 Å². The normalized spacial score (nSPS) is 11.1. The second-order valence-corrected chi connectivity index (χ2v) is 8.83. The van der Waals surface area contributed by atoms with Gasteiger partial charge in [0.25, 0.3) is 15.9 Å². The molecular weight excluding hydrogens is 454 g/mol. The van der Waals surface area contributed by atoms with Crippen molar-refractivity contribution in [3.05, 3.63) is 97.1 Å². The molecule has 1 amide bonds. The molecule has 0 bridgehead atoms. The summed E-state index contributed by atoms with van der Waals surface area (Å²) in [5, 5.41) is 3.95. The van der Waals surface area contributed by atoms with E-state index in [9.17, 15) is 13.2 Å². The number of hydrogen-bond acceptors (Lipinski definition) is 6. The number of nitrogens with zero attached hydrogens (tertiary/aromatic N) is 2. The Morgan fingerprint density at radius 1 is 1.03 bits per heavy atom. The van der Waals surface area contributed by atoms with Crippen molar-refractivity contribution in [2.75, 3.05) is 24.6 Å². The highest BCUT2D eigenvalue weighted by Crippen LogP contribution is 2.27. The Bertz CT molecular complexity index is 1250. The van der Waals surface area contributed by atoms with E-state index in [4.69, 9.17) is 9.47 Å². The van der Waals surface area contributed by atoms with Gasteiger partial charge in [0, 0.05) is 0 Å². The zero-order chi connectivity index (χ0) is 24.4. The van der Waals surface area contributed by atoms with Gasteiger partial charge in [0.05, 0.1) is 23.9 Å². The maximum absolute atomic E-state index is 13.2. The van der Waals surface area contributed by atoms with Gasteiger partial charge < -0.3 is 9.47 Å². The summed E-state index contributed by atoms with van der Waals surface area (Å²) in [4.78, 5) is 12.7. The van der Waals surface area contributed by atoms with Crippen LogP contribution in [0.4, 0.5) is 5.69 Å². The van der Waals surface area contributed by atoms with Gasteiger partial charge in [0.2, 0.25) is 0 Å². The van der Waals surface area contributed by atoms with Crippen molar-refractivity contribution < 1.29 is 22.7 Å². The van der Waals surface area contributed by atoms with Crippen LogP contribution < -0.4 is 19.2 Å². The lowest BCUT2D eigenvalue weighted by atomic mass is 10.2. The molecule has 0 atom stereocenters. The van der Waals surface area contributed by atoms with Crippen molar-refractivity contribution in [2.45, 2.75) is 4.90 Å². The molecule has 176 valence electrons. The van der Waals surface area contributed by atoms with Crippen LogP contribution in [0, 0.1) is 0 Å². The van der Waals surface area contributed by atoms with Gasteiger partial charge in [0.15, 0.2) is 11.5 Å². The first-order chi connectivity index (χ1) is 16.5. The zero-order valence-corrected chi connectivity index (χ0v) is 19.4. The van der Waals surface area contributed by atoms with Gasteiger partial charge in [-0.25, -0.2) is 13.8 Å². The molecule has 0 saturated carbocycles. The van der Waals surface area contributed by atoms with Crippen LogP contribution in [0.15, 0.2) is 102 Å². The van der Waals surface area contributed by atoms with E-state index in [0.29, 0.717) is 29.4 Å². The first-order valence-electron chi connectivity index (χ1n) is 10.3. The first-order valence-corrected chi connectivity index (χ1v) is 11.8. The Labute approximate surface area is 199 Å². The van der Waals surface area contributed by atoms with E-state index in [-0.39, 0.29) is 4.90 Å². The number of para-hydroxylation sites is 1. The fraction of sp³-hybridized carbons (Fsp3) is 0.120. The van der Waals surface area contributed by atoms with E-state index in [1.807, 2.05) is 0 Å². The monoisotopic (exact) mass is 479 g/mol.